The van der Waals surface area contributed by atoms with Crippen molar-refractivity contribution in [3.8, 4) is 0 Å². The van der Waals surface area contributed by atoms with E-state index < -0.39 is 0 Å². The summed E-state index contributed by atoms with van der Waals surface area (Å²) >= 11 is 0. The minimum absolute atomic E-state index is 0.193. The van der Waals surface area contributed by atoms with Gasteiger partial charge in [0.2, 0.25) is 0 Å². The number of rotatable bonds is 5. The van der Waals surface area contributed by atoms with Crippen LogP contribution >= 0.6 is 0 Å². The summed E-state index contributed by atoms with van der Waals surface area (Å²) in [4.78, 5) is 2.46. The molecule has 1 heterocycles. The van der Waals surface area contributed by atoms with E-state index in [-0.39, 0.29) is 5.54 Å². The number of hydrogen-bond donors (Lipinski definition) is 1. The van der Waals surface area contributed by atoms with Crippen molar-refractivity contribution in [1.82, 2.24) is 4.90 Å². The van der Waals surface area contributed by atoms with Crippen LogP contribution in [-0.4, -0.2) is 24.0 Å². The first-order chi connectivity index (χ1) is 8.64. The molecule has 2 unspecified atom stereocenters. The molecule has 1 aliphatic carbocycles. The predicted molar refractivity (Wildman–Crippen MR) is 74.3 cm³/mol. The summed E-state index contributed by atoms with van der Waals surface area (Å²) in [5.41, 5.74) is 7.61. The van der Waals surface area contributed by atoms with Crippen LogP contribution in [0.3, 0.4) is 0 Å². The molecule has 1 fully saturated rings. The molecule has 0 amide bonds. The molecular weight excluding hydrogens is 224 g/mol. The summed E-state index contributed by atoms with van der Waals surface area (Å²) in [5.74, 6) is 1.76. The van der Waals surface area contributed by atoms with Crippen molar-refractivity contribution in [2.45, 2.75) is 51.6 Å². The standard InChI is InChI=1S/C15H26N2O/c1-4-14-6-5-8-15(14,11-16)17(3)10-13-7-9-18-12(13)2/h7,9,14H,4-6,8,10-11,16H2,1-3H3. The monoisotopic (exact) mass is 250 g/mol. The Morgan fingerprint density at radius 3 is 2.89 bits per heavy atom. The number of aryl methyl sites for hydroxylation is 1. The van der Waals surface area contributed by atoms with E-state index in [1.807, 2.05) is 6.92 Å². The Morgan fingerprint density at radius 1 is 1.56 bits per heavy atom. The Balaban J connectivity index is 2.15. The van der Waals surface area contributed by atoms with Crippen LogP contribution in [0.4, 0.5) is 0 Å². The molecule has 0 bridgehead atoms. The molecule has 0 radical (unpaired) electrons. The second-order valence-electron chi connectivity index (χ2n) is 5.66. The van der Waals surface area contributed by atoms with Gasteiger partial charge in [0, 0.05) is 24.2 Å². The lowest BCUT2D eigenvalue weighted by atomic mass is 9.83. The van der Waals surface area contributed by atoms with Crippen LogP contribution in [0.5, 0.6) is 0 Å². The fourth-order valence-electron chi connectivity index (χ4n) is 3.63. The largest absolute Gasteiger partial charge is 0.469 e. The molecule has 3 nitrogen and oxygen atoms in total. The van der Waals surface area contributed by atoms with Crippen molar-refractivity contribution in [2.75, 3.05) is 13.6 Å². The van der Waals surface area contributed by atoms with Crippen LogP contribution in [0.1, 0.15) is 43.9 Å². The Bertz CT molecular complexity index is 388. The van der Waals surface area contributed by atoms with E-state index in [1.54, 1.807) is 6.26 Å². The molecule has 2 rings (SSSR count). The summed E-state index contributed by atoms with van der Waals surface area (Å²) in [6.45, 7) is 6.02. The zero-order valence-corrected chi connectivity index (χ0v) is 11.9. The van der Waals surface area contributed by atoms with Crippen LogP contribution in [0, 0.1) is 12.8 Å². The van der Waals surface area contributed by atoms with Gasteiger partial charge in [-0.25, -0.2) is 0 Å². The SMILES string of the molecule is CCC1CCCC1(CN)N(C)Cc1ccoc1C. The molecule has 102 valence electrons. The fraction of sp³-hybridized carbons (Fsp3) is 0.733. The maximum absolute atomic E-state index is 6.14. The lowest BCUT2D eigenvalue weighted by molar-refractivity contribution is 0.0743. The number of hydrogen-bond acceptors (Lipinski definition) is 3. The van der Waals surface area contributed by atoms with E-state index in [2.05, 4.69) is 24.9 Å². The Kier molecular flexibility index (Phi) is 4.13. The summed E-state index contributed by atoms with van der Waals surface area (Å²) in [7, 11) is 2.22. The highest BCUT2D eigenvalue weighted by Crippen LogP contribution is 2.41. The topological polar surface area (TPSA) is 42.4 Å². The molecule has 2 atom stereocenters. The summed E-state index contributed by atoms with van der Waals surface area (Å²) < 4.78 is 5.39. The molecule has 3 heteroatoms. The van der Waals surface area contributed by atoms with E-state index in [1.165, 1.54) is 31.2 Å². The number of likely N-dealkylation sites (N-methyl/N-ethyl adjacent to an activating group) is 1. The van der Waals surface area contributed by atoms with Crippen LogP contribution in [0.15, 0.2) is 16.7 Å². The van der Waals surface area contributed by atoms with E-state index in [0.717, 1.165) is 24.8 Å². The van der Waals surface area contributed by atoms with Crippen molar-refractivity contribution in [3.63, 3.8) is 0 Å². The van der Waals surface area contributed by atoms with E-state index in [0.29, 0.717) is 0 Å². The second-order valence-corrected chi connectivity index (χ2v) is 5.66. The maximum atomic E-state index is 6.14. The number of furan rings is 1. The highest BCUT2D eigenvalue weighted by atomic mass is 16.3. The molecule has 0 aromatic carbocycles. The van der Waals surface area contributed by atoms with Gasteiger partial charge in [-0.15, -0.1) is 0 Å². The van der Waals surface area contributed by atoms with Gasteiger partial charge in [-0.2, -0.15) is 0 Å². The maximum Gasteiger partial charge on any atom is 0.105 e. The number of nitrogens with zero attached hydrogens (tertiary/aromatic N) is 1. The first-order valence-corrected chi connectivity index (χ1v) is 7.08. The first-order valence-electron chi connectivity index (χ1n) is 7.08. The second kappa shape index (κ2) is 5.45. The minimum Gasteiger partial charge on any atom is -0.469 e. The van der Waals surface area contributed by atoms with Crippen LogP contribution in [0.2, 0.25) is 0 Å². The van der Waals surface area contributed by atoms with Crippen molar-refractivity contribution < 1.29 is 4.42 Å². The molecule has 1 saturated carbocycles. The molecular formula is C15H26N2O. The van der Waals surface area contributed by atoms with Gasteiger partial charge in [-0.3, -0.25) is 4.90 Å². The zero-order valence-electron chi connectivity index (χ0n) is 11.9. The molecule has 2 N–H and O–H groups in total. The lowest BCUT2D eigenvalue weighted by Crippen LogP contribution is -2.54. The molecule has 0 aliphatic heterocycles. The highest BCUT2D eigenvalue weighted by molar-refractivity contribution is 5.16. The van der Waals surface area contributed by atoms with Crippen LogP contribution in [-0.2, 0) is 6.54 Å². The highest BCUT2D eigenvalue weighted by Gasteiger charge is 2.43. The Morgan fingerprint density at radius 2 is 2.33 bits per heavy atom. The Labute approximate surface area is 110 Å². The molecule has 1 aromatic rings. The Hall–Kier alpha value is -0.800. The van der Waals surface area contributed by atoms with Gasteiger partial charge in [0.15, 0.2) is 0 Å². The van der Waals surface area contributed by atoms with Gasteiger partial charge in [-0.05, 0) is 38.8 Å². The van der Waals surface area contributed by atoms with Crippen molar-refractivity contribution in [3.05, 3.63) is 23.7 Å². The average molecular weight is 250 g/mol. The predicted octanol–water partition coefficient (Wildman–Crippen LogP) is 2.93. The van der Waals surface area contributed by atoms with Crippen molar-refractivity contribution in [1.29, 1.82) is 0 Å². The third kappa shape index (κ3) is 2.21. The van der Waals surface area contributed by atoms with Gasteiger partial charge in [0.05, 0.1) is 6.26 Å². The molecule has 18 heavy (non-hydrogen) atoms. The lowest BCUT2D eigenvalue weighted by Gasteiger charge is -2.42. The van der Waals surface area contributed by atoms with Crippen LogP contribution < -0.4 is 5.73 Å². The van der Waals surface area contributed by atoms with Gasteiger partial charge < -0.3 is 10.2 Å². The zero-order chi connectivity index (χ0) is 13.2. The third-order valence-electron chi connectivity index (χ3n) is 4.90. The summed E-state index contributed by atoms with van der Waals surface area (Å²) in [5, 5.41) is 0. The number of nitrogens with two attached hydrogens (primary N) is 1. The van der Waals surface area contributed by atoms with E-state index in [4.69, 9.17) is 10.2 Å². The van der Waals surface area contributed by atoms with Gasteiger partial charge in [0.1, 0.15) is 5.76 Å². The smallest absolute Gasteiger partial charge is 0.105 e. The molecule has 0 spiro atoms. The van der Waals surface area contributed by atoms with E-state index in [9.17, 15) is 0 Å². The van der Waals surface area contributed by atoms with Crippen LogP contribution in [0.25, 0.3) is 0 Å². The molecule has 1 aromatic heterocycles. The third-order valence-corrected chi connectivity index (χ3v) is 4.90. The fourth-order valence-corrected chi connectivity index (χ4v) is 3.63. The molecule has 0 saturated heterocycles. The minimum atomic E-state index is 0.193. The van der Waals surface area contributed by atoms with Gasteiger partial charge in [0.25, 0.3) is 0 Å². The quantitative estimate of drug-likeness (QED) is 0.873. The summed E-state index contributed by atoms with van der Waals surface area (Å²) in [6.07, 6.45) is 6.87. The van der Waals surface area contributed by atoms with Gasteiger partial charge in [-0.1, -0.05) is 19.8 Å². The molecule has 1 aliphatic rings. The summed E-state index contributed by atoms with van der Waals surface area (Å²) in [6, 6.07) is 2.08. The first kappa shape index (κ1) is 13.6. The normalized spacial score (nSPS) is 28.2. The average Bonchev–Trinajstić information content (AvgIpc) is 2.96. The van der Waals surface area contributed by atoms with Gasteiger partial charge >= 0.3 is 0 Å². The van der Waals surface area contributed by atoms with Crippen molar-refractivity contribution >= 4 is 0 Å². The van der Waals surface area contributed by atoms with Crippen molar-refractivity contribution in [2.24, 2.45) is 11.7 Å². The van der Waals surface area contributed by atoms with E-state index >= 15 is 0 Å².